The van der Waals surface area contributed by atoms with Crippen molar-refractivity contribution in [3.63, 3.8) is 0 Å². The van der Waals surface area contributed by atoms with Gasteiger partial charge in [0.05, 0.1) is 18.8 Å². The molecular weight excluding hydrogens is 368 g/mol. The highest BCUT2D eigenvalue weighted by Gasteiger charge is 2.41. The summed E-state index contributed by atoms with van der Waals surface area (Å²) in [6.07, 6.45) is 4.19. The highest BCUT2D eigenvalue weighted by Crippen LogP contribution is 2.32. The zero-order valence-electron chi connectivity index (χ0n) is 17.1. The fourth-order valence-electron chi connectivity index (χ4n) is 4.56. The first-order valence-electron chi connectivity index (χ1n) is 10.5. The van der Waals surface area contributed by atoms with E-state index in [0.29, 0.717) is 26.1 Å². The highest BCUT2D eigenvalue weighted by atomic mass is 16.5. The van der Waals surface area contributed by atoms with Gasteiger partial charge in [-0.05, 0) is 50.8 Å². The zero-order valence-corrected chi connectivity index (χ0v) is 17.1. The van der Waals surface area contributed by atoms with Crippen LogP contribution in [0.15, 0.2) is 30.5 Å². The van der Waals surface area contributed by atoms with Crippen LogP contribution in [0.25, 0.3) is 10.9 Å². The fraction of sp³-hybridized carbons (Fsp3) is 0.545. The van der Waals surface area contributed by atoms with Gasteiger partial charge in [0, 0.05) is 42.1 Å². The number of aromatic nitrogens is 1. The maximum atomic E-state index is 12.9. The molecule has 2 aliphatic rings. The molecule has 1 aromatic heterocycles. The first-order chi connectivity index (χ1) is 14.0. The second-order valence-electron chi connectivity index (χ2n) is 8.36. The Kier molecular flexibility index (Phi) is 5.76. The Labute approximate surface area is 171 Å². The molecule has 156 valence electrons. The van der Waals surface area contributed by atoms with Gasteiger partial charge >= 0.3 is 6.03 Å². The van der Waals surface area contributed by atoms with E-state index in [2.05, 4.69) is 15.6 Å². The largest absolute Gasteiger partial charge is 0.374 e. The monoisotopic (exact) mass is 398 g/mol. The molecule has 29 heavy (non-hydrogen) atoms. The van der Waals surface area contributed by atoms with Crippen molar-refractivity contribution in [2.45, 2.75) is 57.8 Å². The third-order valence-electron chi connectivity index (χ3n) is 6.00. The molecule has 2 aromatic rings. The molecule has 3 amide bonds. The van der Waals surface area contributed by atoms with Gasteiger partial charge in [-0.1, -0.05) is 12.1 Å². The van der Waals surface area contributed by atoms with Gasteiger partial charge in [0.2, 0.25) is 5.91 Å². The molecule has 1 saturated carbocycles. The van der Waals surface area contributed by atoms with Gasteiger partial charge in [0.15, 0.2) is 0 Å². The number of fused-ring (bicyclic) bond motifs is 2. The van der Waals surface area contributed by atoms with Crippen molar-refractivity contribution in [2.24, 2.45) is 5.92 Å². The van der Waals surface area contributed by atoms with E-state index < -0.39 is 0 Å². The molecule has 1 aliphatic heterocycles. The van der Waals surface area contributed by atoms with E-state index in [9.17, 15) is 9.59 Å². The molecule has 1 aliphatic carbocycles. The molecule has 0 bridgehead atoms. The number of nitrogens with one attached hydrogen (secondary N) is 3. The minimum Gasteiger partial charge on any atom is -0.374 e. The quantitative estimate of drug-likeness (QED) is 0.740. The lowest BCUT2D eigenvalue weighted by Crippen LogP contribution is -2.59. The summed E-state index contributed by atoms with van der Waals surface area (Å²) in [4.78, 5) is 30.6. The van der Waals surface area contributed by atoms with Crippen LogP contribution in [0.3, 0.4) is 0 Å². The number of nitrogens with zero attached hydrogens (tertiary/aromatic N) is 1. The molecule has 1 aromatic carbocycles. The molecule has 2 heterocycles. The second-order valence-corrected chi connectivity index (χ2v) is 8.36. The van der Waals surface area contributed by atoms with Crippen LogP contribution in [-0.4, -0.2) is 53.2 Å². The summed E-state index contributed by atoms with van der Waals surface area (Å²) < 4.78 is 5.91. The van der Waals surface area contributed by atoms with E-state index >= 15 is 0 Å². The molecule has 0 radical (unpaired) electrons. The maximum Gasteiger partial charge on any atom is 0.318 e. The van der Waals surface area contributed by atoms with Crippen LogP contribution in [0.2, 0.25) is 0 Å². The molecule has 7 nitrogen and oxygen atoms in total. The fourth-order valence-corrected chi connectivity index (χ4v) is 4.56. The van der Waals surface area contributed by atoms with Gasteiger partial charge in [0.1, 0.15) is 0 Å². The van der Waals surface area contributed by atoms with Gasteiger partial charge < -0.3 is 25.3 Å². The van der Waals surface area contributed by atoms with Crippen LogP contribution in [0.1, 0.15) is 38.7 Å². The minimum absolute atomic E-state index is 0.0271. The highest BCUT2D eigenvalue weighted by molar-refractivity contribution is 5.84. The summed E-state index contributed by atoms with van der Waals surface area (Å²) in [5.74, 6) is -0.0384. The van der Waals surface area contributed by atoms with Gasteiger partial charge in [-0.15, -0.1) is 0 Å². The number of ether oxygens (including phenoxy) is 1. The summed E-state index contributed by atoms with van der Waals surface area (Å²) in [5.41, 5.74) is 2.17. The van der Waals surface area contributed by atoms with E-state index in [1.165, 1.54) is 0 Å². The number of H-pyrrole nitrogens is 1. The Morgan fingerprint density at radius 1 is 1.28 bits per heavy atom. The molecule has 4 rings (SSSR count). The van der Waals surface area contributed by atoms with Crippen LogP contribution in [0, 0.1) is 5.92 Å². The van der Waals surface area contributed by atoms with Crippen LogP contribution in [0.4, 0.5) is 4.79 Å². The average Bonchev–Trinajstić information content (AvgIpc) is 3.20. The van der Waals surface area contributed by atoms with Crippen molar-refractivity contribution in [3.8, 4) is 0 Å². The Hall–Kier alpha value is -2.54. The first-order valence-corrected chi connectivity index (χ1v) is 10.5. The van der Waals surface area contributed by atoms with E-state index in [4.69, 9.17) is 4.74 Å². The van der Waals surface area contributed by atoms with Gasteiger partial charge in [-0.25, -0.2) is 4.79 Å². The summed E-state index contributed by atoms with van der Waals surface area (Å²) in [6, 6.07) is 8.09. The standard InChI is InChI=1S/C22H30N4O3/c1-14(2)25-22(28)26-10-11-29-20-7-6-15(12-19(20)26)21(27)24-13-16-4-3-5-18-17(16)8-9-23-18/h3-5,8-9,14-15,19-20,23H,6-7,10-13H2,1-2H3,(H,24,27)(H,25,28)/t15-,19+,20+/m0/s1. The molecule has 1 saturated heterocycles. The van der Waals surface area contributed by atoms with Crippen LogP contribution in [0.5, 0.6) is 0 Å². The Morgan fingerprint density at radius 3 is 2.97 bits per heavy atom. The number of aromatic amines is 1. The molecule has 0 unspecified atom stereocenters. The van der Waals surface area contributed by atoms with Crippen molar-refractivity contribution < 1.29 is 14.3 Å². The van der Waals surface area contributed by atoms with E-state index in [1.807, 2.05) is 49.2 Å². The lowest BCUT2D eigenvalue weighted by molar-refractivity contribution is -0.131. The second kappa shape index (κ2) is 8.45. The van der Waals surface area contributed by atoms with Gasteiger partial charge in [-0.3, -0.25) is 4.79 Å². The van der Waals surface area contributed by atoms with Crippen molar-refractivity contribution in [1.29, 1.82) is 0 Å². The third-order valence-corrected chi connectivity index (χ3v) is 6.00. The lowest BCUT2D eigenvalue weighted by Gasteiger charge is -2.45. The van der Waals surface area contributed by atoms with Crippen molar-refractivity contribution in [2.75, 3.05) is 13.2 Å². The SMILES string of the molecule is CC(C)NC(=O)N1CCO[C@@H]2CC[C@H](C(=O)NCc3cccc4[nH]ccc34)C[C@H]21. The maximum absolute atomic E-state index is 12.9. The van der Waals surface area contributed by atoms with Crippen LogP contribution < -0.4 is 10.6 Å². The predicted molar refractivity (Wildman–Crippen MR) is 111 cm³/mol. The number of hydrogen-bond acceptors (Lipinski definition) is 3. The number of carbonyl (C=O) groups excluding carboxylic acids is 2. The molecule has 3 N–H and O–H groups in total. The average molecular weight is 399 g/mol. The van der Waals surface area contributed by atoms with Gasteiger partial charge in [-0.2, -0.15) is 0 Å². The first kappa shape index (κ1) is 19.8. The number of amides is 3. The smallest absolute Gasteiger partial charge is 0.318 e. The molecule has 3 atom stereocenters. The van der Waals surface area contributed by atoms with E-state index in [-0.39, 0.29) is 36.0 Å². The summed E-state index contributed by atoms with van der Waals surface area (Å²) in [6.45, 7) is 5.55. The van der Waals surface area contributed by atoms with Crippen molar-refractivity contribution in [1.82, 2.24) is 20.5 Å². The Balaban J connectivity index is 1.39. The third kappa shape index (κ3) is 4.24. The lowest BCUT2D eigenvalue weighted by atomic mass is 9.81. The van der Waals surface area contributed by atoms with E-state index in [0.717, 1.165) is 29.3 Å². The van der Waals surface area contributed by atoms with Crippen LogP contribution >= 0.6 is 0 Å². The number of benzene rings is 1. The van der Waals surface area contributed by atoms with Gasteiger partial charge in [0.25, 0.3) is 0 Å². The molecular formula is C22H30N4O3. The molecule has 7 heteroatoms. The van der Waals surface area contributed by atoms with E-state index in [1.54, 1.807) is 0 Å². The molecule has 0 spiro atoms. The normalized spacial score (nSPS) is 24.4. The summed E-state index contributed by atoms with van der Waals surface area (Å²) in [7, 11) is 0. The van der Waals surface area contributed by atoms with Crippen molar-refractivity contribution >= 4 is 22.8 Å². The van der Waals surface area contributed by atoms with Crippen LogP contribution in [-0.2, 0) is 16.1 Å². The number of urea groups is 1. The zero-order chi connectivity index (χ0) is 20.4. The Bertz CT molecular complexity index is 878. The topological polar surface area (TPSA) is 86.5 Å². The number of morpholine rings is 1. The summed E-state index contributed by atoms with van der Waals surface area (Å²) >= 11 is 0. The number of hydrogen-bond donors (Lipinski definition) is 3. The van der Waals surface area contributed by atoms with Crippen molar-refractivity contribution in [3.05, 3.63) is 36.0 Å². The number of rotatable bonds is 4. The molecule has 2 fully saturated rings. The number of carbonyl (C=O) groups is 2. The predicted octanol–water partition coefficient (Wildman–Crippen LogP) is 2.77. The minimum atomic E-state index is -0.0993. The Morgan fingerprint density at radius 2 is 2.14 bits per heavy atom. The summed E-state index contributed by atoms with van der Waals surface area (Å²) in [5, 5.41) is 7.22.